The number of hydrogen-bond acceptors (Lipinski definition) is 3. The summed E-state index contributed by atoms with van der Waals surface area (Å²) in [6, 6.07) is 10.8. The molecule has 0 bridgehead atoms. The summed E-state index contributed by atoms with van der Waals surface area (Å²) in [5, 5.41) is 0. The van der Waals surface area contributed by atoms with E-state index in [0.717, 1.165) is 25.0 Å². The van der Waals surface area contributed by atoms with Crippen molar-refractivity contribution < 1.29 is 4.74 Å². The van der Waals surface area contributed by atoms with Gasteiger partial charge in [-0.3, -0.25) is 0 Å². The van der Waals surface area contributed by atoms with E-state index in [1.54, 1.807) is 7.11 Å². The van der Waals surface area contributed by atoms with Gasteiger partial charge in [-0.2, -0.15) is 0 Å². The molecule has 1 aromatic carbocycles. The van der Waals surface area contributed by atoms with Crippen LogP contribution in [0.3, 0.4) is 0 Å². The van der Waals surface area contributed by atoms with Gasteiger partial charge in [0.15, 0.2) is 0 Å². The zero-order valence-corrected chi connectivity index (χ0v) is 11.8. The van der Waals surface area contributed by atoms with E-state index in [1.807, 2.05) is 18.6 Å². The fraction of sp³-hybridized carbons (Fsp3) is 0.438. The normalized spacial score (nSPS) is 23.3. The molecule has 1 saturated carbocycles. The largest absolute Gasteiger partial charge is 0.381 e. The molecule has 0 radical (unpaired) electrons. The molecular weight excluding hydrogens is 250 g/mol. The Balaban J connectivity index is 1.70. The first-order chi connectivity index (χ1) is 9.78. The van der Waals surface area contributed by atoms with Crippen LogP contribution in [0.2, 0.25) is 0 Å². The lowest BCUT2D eigenvalue weighted by molar-refractivity contribution is 0.00516. The number of methoxy groups -OCH3 is 1. The monoisotopic (exact) mass is 271 g/mol. The Bertz CT molecular complexity index is 546. The van der Waals surface area contributed by atoms with E-state index in [1.165, 1.54) is 5.56 Å². The van der Waals surface area contributed by atoms with E-state index < -0.39 is 0 Å². The molecule has 0 amide bonds. The summed E-state index contributed by atoms with van der Waals surface area (Å²) in [5.74, 6) is 0. The highest BCUT2D eigenvalue weighted by Crippen LogP contribution is 2.35. The average Bonchev–Trinajstić information content (AvgIpc) is 2.88. The van der Waals surface area contributed by atoms with Gasteiger partial charge < -0.3 is 15.0 Å². The van der Waals surface area contributed by atoms with Crippen molar-refractivity contribution in [3.8, 4) is 0 Å². The minimum Gasteiger partial charge on any atom is -0.381 e. The predicted octanol–water partition coefficient (Wildman–Crippen LogP) is 2.48. The highest BCUT2D eigenvalue weighted by Gasteiger charge is 2.32. The van der Waals surface area contributed by atoms with Crippen LogP contribution in [0, 0.1) is 0 Å². The molecule has 2 N–H and O–H groups in total. The zero-order valence-electron chi connectivity index (χ0n) is 11.8. The van der Waals surface area contributed by atoms with E-state index >= 15 is 0 Å². The molecule has 4 heteroatoms. The molecule has 0 spiro atoms. The van der Waals surface area contributed by atoms with Gasteiger partial charge in [0.1, 0.15) is 0 Å². The molecular formula is C16H21N3O. The lowest BCUT2D eigenvalue weighted by Gasteiger charge is -2.36. The molecule has 1 aliphatic rings. The standard InChI is InChI=1S/C16H21N3O/c1-20-14-8-13(9-14)19-11-18-10-16(19)15(17)7-12-5-3-2-4-6-12/h2-6,10-11,13-15H,7-9,17H2,1H3/t13?,14?,15-/m1/s1. The molecule has 4 nitrogen and oxygen atoms in total. The smallest absolute Gasteiger partial charge is 0.0951 e. The summed E-state index contributed by atoms with van der Waals surface area (Å²) >= 11 is 0. The lowest BCUT2D eigenvalue weighted by Crippen LogP contribution is -2.34. The van der Waals surface area contributed by atoms with E-state index in [-0.39, 0.29) is 6.04 Å². The minimum absolute atomic E-state index is 0.0125. The zero-order chi connectivity index (χ0) is 13.9. The predicted molar refractivity (Wildman–Crippen MR) is 78.4 cm³/mol. The van der Waals surface area contributed by atoms with Gasteiger partial charge in [-0.15, -0.1) is 0 Å². The average molecular weight is 271 g/mol. The number of hydrogen-bond donors (Lipinski definition) is 1. The Morgan fingerprint density at radius 3 is 2.80 bits per heavy atom. The summed E-state index contributed by atoms with van der Waals surface area (Å²) < 4.78 is 7.57. The third-order valence-corrected chi connectivity index (χ3v) is 4.17. The number of ether oxygens (including phenoxy) is 1. The van der Waals surface area contributed by atoms with Crippen molar-refractivity contribution in [2.75, 3.05) is 7.11 Å². The van der Waals surface area contributed by atoms with Crippen molar-refractivity contribution in [2.24, 2.45) is 5.73 Å². The van der Waals surface area contributed by atoms with Gasteiger partial charge in [0.05, 0.1) is 24.2 Å². The fourth-order valence-corrected chi connectivity index (χ4v) is 2.84. The maximum Gasteiger partial charge on any atom is 0.0951 e. The van der Waals surface area contributed by atoms with Crippen LogP contribution in [0.5, 0.6) is 0 Å². The van der Waals surface area contributed by atoms with Gasteiger partial charge in [-0.25, -0.2) is 4.98 Å². The Morgan fingerprint density at radius 1 is 1.35 bits per heavy atom. The quantitative estimate of drug-likeness (QED) is 0.909. The maximum atomic E-state index is 6.36. The molecule has 106 valence electrons. The number of rotatable bonds is 5. The Labute approximate surface area is 119 Å². The Morgan fingerprint density at radius 2 is 2.10 bits per heavy atom. The van der Waals surface area contributed by atoms with Crippen LogP contribution >= 0.6 is 0 Å². The van der Waals surface area contributed by atoms with Gasteiger partial charge in [-0.1, -0.05) is 30.3 Å². The second kappa shape index (κ2) is 5.77. The molecule has 1 aliphatic carbocycles. The molecule has 0 saturated heterocycles. The van der Waals surface area contributed by atoms with Gasteiger partial charge in [0.25, 0.3) is 0 Å². The van der Waals surface area contributed by atoms with E-state index in [0.29, 0.717) is 12.1 Å². The Kier molecular flexibility index (Phi) is 3.85. The van der Waals surface area contributed by atoms with Gasteiger partial charge in [0.2, 0.25) is 0 Å². The van der Waals surface area contributed by atoms with E-state index in [2.05, 4.69) is 33.8 Å². The van der Waals surface area contributed by atoms with Crippen molar-refractivity contribution in [1.29, 1.82) is 0 Å². The number of benzene rings is 1. The molecule has 2 aromatic rings. The molecule has 1 aromatic heterocycles. The molecule has 1 heterocycles. The summed E-state index contributed by atoms with van der Waals surface area (Å²) in [6.45, 7) is 0. The number of aromatic nitrogens is 2. The number of nitrogens with zero attached hydrogens (tertiary/aromatic N) is 2. The van der Waals surface area contributed by atoms with Crippen LogP contribution < -0.4 is 5.73 Å². The van der Waals surface area contributed by atoms with Crippen molar-refractivity contribution in [1.82, 2.24) is 9.55 Å². The second-order valence-corrected chi connectivity index (χ2v) is 5.50. The van der Waals surface area contributed by atoms with Gasteiger partial charge in [-0.05, 0) is 24.8 Å². The SMILES string of the molecule is COC1CC(n2cncc2[C@H](N)Cc2ccccc2)C1. The first-order valence-electron chi connectivity index (χ1n) is 7.12. The number of imidazole rings is 1. The topological polar surface area (TPSA) is 53.1 Å². The third kappa shape index (κ3) is 2.62. The van der Waals surface area contributed by atoms with Crippen LogP contribution in [0.4, 0.5) is 0 Å². The third-order valence-electron chi connectivity index (χ3n) is 4.17. The fourth-order valence-electron chi connectivity index (χ4n) is 2.84. The van der Waals surface area contributed by atoms with Crippen molar-refractivity contribution in [3.05, 3.63) is 54.1 Å². The van der Waals surface area contributed by atoms with Crippen LogP contribution in [0.1, 0.15) is 36.2 Å². The van der Waals surface area contributed by atoms with Gasteiger partial charge in [0, 0.05) is 19.3 Å². The van der Waals surface area contributed by atoms with Crippen molar-refractivity contribution in [3.63, 3.8) is 0 Å². The van der Waals surface area contributed by atoms with Crippen LogP contribution in [0.15, 0.2) is 42.9 Å². The lowest BCUT2D eigenvalue weighted by atomic mass is 9.88. The van der Waals surface area contributed by atoms with Crippen LogP contribution in [-0.4, -0.2) is 22.8 Å². The van der Waals surface area contributed by atoms with E-state index in [9.17, 15) is 0 Å². The summed E-state index contributed by atoms with van der Waals surface area (Å²) in [7, 11) is 1.77. The Hall–Kier alpha value is -1.65. The molecule has 20 heavy (non-hydrogen) atoms. The summed E-state index contributed by atoms with van der Waals surface area (Å²) in [5.41, 5.74) is 8.74. The van der Waals surface area contributed by atoms with E-state index in [4.69, 9.17) is 10.5 Å². The molecule has 1 fully saturated rings. The minimum atomic E-state index is -0.0125. The first kappa shape index (κ1) is 13.3. The molecule has 0 aliphatic heterocycles. The molecule has 0 unspecified atom stereocenters. The highest BCUT2D eigenvalue weighted by molar-refractivity contribution is 5.19. The van der Waals surface area contributed by atoms with Crippen molar-refractivity contribution in [2.45, 2.75) is 37.5 Å². The maximum absolute atomic E-state index is 6.36. The number of nitrogens with two attached hydrogens (primary N) is 1. The van der Waals surface area contributed by atoms with Gasteiger partial charge >= 0.3 is 0 Å². The van der Waals surface area contributed by atoms with Crippen LogP contribution in [0.25, 0.3) is 0 Å². The summed E-state index contributed by atoms with van der Waals surface area (Å²) in [6.07, 6.45) is 7.13. The highest BCUT2D eigenvalue weighted by atomic mass is 16.5. The molecule has 1 atom stereocenters. The summed E-state index contributed by atoms with van der Waals surface area (Å²) in [4.78, 5) is 4.28. The molecule has 3 rings (SSSR count). The second-order valence-electron chi connectivity index (χ2n) is 5.50. The van der Waals surface area contributed by atoms with Crippen LogP contribution in [-0.2, 0) is 11.2 Å². The van der Waals surface area contributed by atoms with Crippen molar-refractivity contribution >= 4 is 0 Å². The first-order valence-corrected chi connectivity index (χ1v) is 7.12.